The van der Waals surface area contributed by atoms with E-state index >= 15 is 0 Å². The van der Waals surface area contributed by atoms with E-state index in [1.54, 1.807) is 25.1 Å². The number of aromatic nitrogens is 2. The number of esters is 1. The van der Waals surface area contributed by atoms with Crippen molar-refractivity contribution >= 4 is 5.97 Å². The molecule has 20 heavy (non-hydrogen) atoms. The van der Waals surface area contributed by atoms with Gasteiger partial charge in [0.05, 0.1) is 24.5 Å². The first-order valence-electron chi connectivity index (χ1n) is 6.48. The second kappa shape index (κ2) is 6.65. The Morgan fingerprint density at radius 2 is 1.75 bits per heavy atom. The lowest BCUT2D eigenvalue weighted by Crippen LogP contribution is -2.04. The van der Waals surface area contributed by atoms with E-state index in [0.717, 1.165) is 11.3 Å². The Morgan fingerprint density at radius 1 is 1.00 bits per heavy atom. The zero-order chi connectivity index (χ0) is 14.4. The van der Waals surface area contributed by atoms with E-state index in [4.69, 9.17) is 9.47 Å². The first-order chi connectivity index (χ1) is 9.74. The molecule has 0 bridgehead atoms. The summed E-state index contributed by atoms with van der Waals surface area (Å²) in [4.78, 5) is 11.5. The topological polar surface area (TPSA) is 61.3 Å². The van der Waals surface area contributed by atoms with Crippen LogP contribution in [0.15, 0.2) is 36.4 Å². The minimum atomic E-state index is -0.322. The fourth-order valence-corrected chi connectivity index (χ4v) is 1.69. The number of carbonyl (C=O) groups is 1. The van der Waals surface area contributed by atoms with Crippen LogP contribution in [0.5, 0.6) is 5.88 Å². The molecule has 104 valence electrons. The number of hydrogen-bond acceptors (Lipinski definition) is 5. The predicted molar refractivity (Wildman–Crippen MR) is 74.6 cm³/mol. The molecule has 0 N–H and O–H groups in total. The summed E-state index contributed by atoms with van der Waals surface area (Å²) in [6.45, 7) is 4.60. The van der Waals surface area contributed by atoms with E-state index < -0.39 is 0 Å². The van der Waals surface area contributed by atoms with Gasteiger partial charge in [-0.3, -0.25) is 0 Å². The van der Waals surface area contributed by atoms with Crippen molar-refractivity contribution in [2.75, 3.05) is 13.2 Å². The first kappa shape index (κ1) is 14.0. The van der Waals surface area contributed by atoms with E-state index in [0.29, 0.717) is 24.7 Å². The quantitative estimate of drug-likeness (QED) is 0.783. The Hall–Kier alpha value is -2.43. The highest BCUT2D eigenvalue weighted by molar-refractivity contribution is 5.89. The Balaban J connectivity index is 2.15. The average Bonchev–Trinajstić information content (AvgIpc) is 2.49. The van der Waals surface area contributed by atoms with E-state index in [1.807, 2.05) is 25.1 Å². The maximum Gasteiger partial charge on any atom is 0.338 e. The molecular weight excluding hydrogens is 256 g/mol. The van der Waals surface area contributed by atoms with Crippen LogP contribution in [0.2, 0.25) is 0 Å². The number of ether oxygens (including phenoxy) is 2. The predicted octanol–water partition coefficient (Wildman–Crippen LogP) is 2.72. The molecule has 5 heteroatoms. The Labute approximate surface area is 117 Å². The molecule has 1 heterocycles. The van der Waals surface area contributed by atoms with Gasteiger partial charge < -0.3 is 9.47 Å². The van der Waals surface area contributed by atoms with Gasteiger partial charge in [0.15, 0.2) is 0 Å². The van der Waals surface area contributed by atoms with Crippen molar-refractivity contribution in [2.45, 2.75) is 13.8 Å². The zero-order valence-electron chi connectivity index (χ0n) is 11.5. The SMILES string of the molecule is CCOC(=O)c1ccc(-c2ccc(OCC)nn2)cc1. The molecule has 0 aliphatic carbocycles. The Kier molecular flexibility index (Phi) is 4.65. The van der Waals surface area contributed by atoms with E-state index in [1.165, 1.54) is 0 Å². The molecule has 2 rings (SSSR count). The van der Waals surface area contributed by atoms with Gasteiger partial charge in [0, 0.05) is 11.6 Å². The fraction of sp³-hybridized carbons (Fsp3) is 0.267. The van der Waals surface area contributed by atoms with Gasteiger partial charge in [-0.05, 0) is 32.0 Å². The van der Waals surface area contributed by atoms with Gasteiger partial charge >= 0.3 is 5.97 Å². The molecule has 0 unspecified atom stereocenters. The minimum absolute atomic E-state index is 0.322. The summed E-state index contributed by atoms with van der Waals surface area (Å²) in [6, 6.07) is 10.7. The minimum Gasteiger partial charge on any atom is -0.477 e. The van der Waals surface area contributed by atoms with Crippen LogP contribution >= 0.6 is 0 Å². The highest BCUT2D eigenvalue weighted by Crippen LogP contribution is 2.18. The summed E-state index contributed by atoms with van der Waals surface area (Å²) in [7, 11) is 0. The van der Waals surface area contributed by atoms with Crippen molar-refractivity contribution in [3.8, 4) is 17.1 Å². The van der Waals surface area contributed by atoms with Gasteiger partial charge in [-0.2, -0.15) is 0 Å². The molecule has 0 atom stereocenters. The Bertz CT molecular complexity index is 565. The van der Waals surface area contributed by atoms with Gasteiger partial charge in [0.1, 0.15) is 0 Å². The summed E-state index contributed by atoms with van der Waals surface area (Å²) in [5, 5.41) is 8.06. The molecule has 0 aliphatic heterocycles. The van der Waals surface area contributed by atoms with Gasteiger partial charge in [0.2, 0.25) is 5.88 Å². The smallest absolute Gasteiger partial charge is 0.338 e. The summed E-state index contributed by atoms with van der Waals surface area (Å²) in [5.74, 6) is 0.177. The lowest BCUT2D eigenvalue weighted by Gasteiger charge is -2.04. The van der Waals surface area contributed by atoms with Gasteiger partial charge in [-0.1, -0.05) is 12.1 Å². The maximum atomic E-state index is 11.5. The number of nitrogens with zero attached hydrogens (tertiary/aromatic N) is 2. The summed E-state index contributed by atoms with van der Waals surface area (Å²) in [6.07, 6.45) is 0. The van der Waals surface area contributed by atoms with Crippen LogP contribution in [0.3, 0.4) is 0 Å². The average molecular weight is 272 g/mol. The second-order valence-corrected chi connectivity index (χ2v) is 3.99. The highest BCUT2D eigenvalue weighted by atomic mass is 16.5. The third kappa shape index (κ3) is 3.32. The number of hydrogen-bond donors (Lipinski definition) is 0. The lowest BCUT2D eigenvalue weighted by molar-refractivity contribution is 0.0526. The van der Waals surface area contributed by atoms with Crippen LogP contribution < -0.4 is 4.74 Å². The van der Waals surface area contributed by atoms with Crippen molar-refractivity contribution in [2.24, 2.45) is 0 Å². The number of benzene rings is 1. The molecule has 5 nitrogen and oxygen atoms in total. The van der Waals surface area contributed by atoms with Gasteiger partial charge in [-0.25, -0.2) is 4.79 Å². The lowest BCUT2D eigenvalue weighted by atomic mass is 10.1. The summed E-state index contributed by atoms with van der Waals surface area (Å²) in [5.41, 5.74) is 2.13. The molecule has 0 radical (unpaired) electrons. The van der Waals surface area contributed by atoms with Gasteiger partial charge in [0.25, 0.3) is 0 Å². The molecule has 2 aromatic rings. The molecule has 1 aromatic carbocycles. The zero-order valence-corrected chi connectivity index (χ0v) is 11.5. The standard InChI is InChI=1S/C15H16N2O3/c1-3-19-14-10-9-13(16-17-14)11-5-7-12(8-6-11)15(18)20-4-2/h5-10H,3-4H2,1-2H3. The summed E-state index contributed by atoms with van der Waals surface area (Å²) < 4.78 is 10.2. The van der Waals surface area contributed by atoms with Crippen LogP contribution in [-0.4, -0.2) is 29.4 Å². The monoisotopic (exact) mass is 272 g/mol. The van der Waals surface area contributed by atoms with Gasteiger partial charge in [-0.15, -0.1) is 10.2 Å². The molecule has 0 saturated heterocycles. The fourth-order valence-electron chi connectivity index (χ4n) is 1.69. The van der Waals surface area contributed by atoms with E-state index in [-0.39, 0.29) is 5.97 Å². The maximum absolute atomic E-state index is 11.5. The Morgan fingerprint density at radius 3 is 2.30 bits per heavy atom. The third-order valence-electron chi connectivity index (χ3n) is 2.62. The van der Waals surface area contributed by atoms with Crippen molar-refractivity contribution in [3.63, 3.8) is 0 Å². The van der Waals surface area contributed by atoms with Crippen LogP contribution in [0.1, 0.15) is 24.2 Å². The van der Waals surface area contributed by atoms with E-state index in [2.05, 4.69) is 10.2 Å². The molecule has 0 spiro atoms. The van der Waals surface area contributed by atoms with Crippen LogP contribution in [-0.2, 0) is 4.74 Å². The van der Waals surface area contributed by atoms with Crippen molar-refractivity contribution in [1.29, 1.82) is 0 Å². The van der Waals surface area contributed by atoms with Crippen molar-refractivity contribution < 1.29 is 14.3 Å². The molecule has 1 aromatic heterocycles. The first-order valence-corrected chi connectivity index (χ1v) is 6.48. The van der Waals surface area contributed by atoms with Crippen LogP contribution in [0.25, 0.3) is 11.3 Å². The van der Waals surface area contributed by atoms with Crippen molar-refractivity contribution in [3.05, 3.63) is 42.0 Å². The summed E-state index contributed by atoms with van der Waals surface area (Å²) >= 11 is 0. The molecule has 0 fully saturated rings. The molecule has 0 aliphatic rings. The van der Waals surface area contributed by atoms with Crippen LogP contribution in [0, 0.1) is 0 Å². The normalized spacial score (nSPS) is 10.1. The highest BCUT2D eigenvalue weighted by Gasteiger charge is 2.07. The van der Waals surface area contributed by atoms with Crippen molar-refractivity contribution in [1.82, 2.24) is 10.2 Å². The molecular formula is C15H16N2O3. The molecule has 0 saturated carbocycles. The third-order valence-corrected chi connectivity index (χ3v) is 2.62. The van der Waals surface area contributed by atoms with E-state index in [9.17, 15) is 4.79 Å². The second-order valence-electron chi connectivity index (χ2n) is 3.99. The molecule has 0 amide bonds. The number of carbonyl (C=O) groups excluding carboxylic acids is 1. The largest absolute Gasteiger partial charge is 0.477 e. The van der Waals surface area contributed by atoms with Crippen LogP contribution in [0.4, 0.5) is 0 Å². The number of rotatable bonds is 5.